The smallest absolute Gasteiger partial charge is 0.414 e. The van der Waals surface area contributed by atoms with Crippen LogP contribution in [0.1, 0.15) is 26.3 Å². The van der Waals surface area contributed by atoms with Gasteiger partial charge in [-0.05, 0) is 38.5 Å². The second kappa shape index (κ2) is 7.35. The van der Waals surface area contributed by atoms with Crippen LogP contribution in [0.4, 0.5) is 10.5 Å². The maximum Gasteiger partial charge on any atom is 0.414 e. The molecular weight excluding hydrogens is 296 g/mol. The second-order valence-corrected chi connectivity index (χ2v) is 6.51. The predicted octanol–water partition coefficient (Wildman–Crippen LogP) is 2.70. The molecular formula is C17H26N2O4. The van der Waals surface area contributed by atoms with E-state index in [1.165, 1.54) is 16.9 Å². The van der Waals surface area contributed by atoms with Crippen molar-refractivity contribution in [3.8, 4) is 5.75 Å². The molecule has 0 atom stereocenters. The van der Waals surface area contributed by atoms with Crippen molar-refractivity contribution in [1.82, 2.24) is 4.90 Å². The average Bonchev–Trinajstić information content (AvgIpc) is 2.44. The quantitative estimate of drug-likeness (QED) is 0.855. The molecule has 0 aliphatic rings. The van der Waals surface area contributed by atoms with Crippen molar-refractivity contribution in [1.29, 1.82) is 0 Å². The lowest BCUT2D eigenvalue weighted by molar-refractivity contribution is -0.127. The Kier molecular flexibility index (Phi) is 6.01. The van der Waals surface area contributed by atoms with Crippen LogP contribution >= 0.6 is 0 Å². The van der Waals surface area contributed by atoms with Crippen LogP contribution < -0.4 is 9.64 Å². The summed E-state index contributed by atoms with van der Waals surface area (Å²) in [6, 6.07) is 5.32. The number of methoxy groups -OCH3 is 1. The summed E-state index contributed by atoms with van der Waals surface area (Å²) < 4.78 is 10.7. The van der Waals surface area contributed by atoms with Crippen molar-refractivity contribution in [2.45, 2.75) is 32.8 Å². The summed E-state index contributed by atoms with van der Waals surface area (Å²) in [5, 5.41) is 0. The van der Waals surface area contributed by atoms with Crippen LogP contribution in [-0.2, 0) is 16.0 Å². The minimum atomic E-state index is -0.586. The minimum Gasteiger partial charge on any atom is -0.495 e. The number of rotatable bonds is 4. The largest absolute Gasteiger partial charge is 0.495 e. The molecule has 23 heavy (non-hydrogen) atoms. The molecule has 128 valence electrons. The highest BCUT2D eigenvalue weighted by atomic mass is 16.6. The Morgan fingerprint density at radius 3 is 2.22 bits per heavy atom. The molecule has 6 nitrogen and oxygen atoms in total. The molecule has 0 bridgehead atoms. The normalized spacial score (nSPS) is 10.9. The van der Waals surface area contributed by atoms with E-state index in [0.29, 0.717) is 11.4 Å². The Morgan fingerprint density at radius 2 is 1.74 bits per heavy atom. The first-order valence-corrected chi connectivity index (χ1v) is 7.39. The SMILES string of the molecule is COc1ccc(CC(=O)N(C)C)cc1N(C)C(=O)OC(C)(C)C. The summed E-state index contributed by atoms with van der Waals surface area (Å²) in [5.74, 6) is 0.528. The van der Waals surface area contributed by atoms with Gasteiger partial charge in [0.15, 0.2) is 0 Å². The predicted molar refractivity (Wildman–Crippen MR) is 90.0 cm³/mol. The summed E-state index contributed by atoms with van der Waals surface area (Å²) in [7, 11) is 6.56. The topological polar surface area (TPSA) is 59.1 Å². The van der Waals surface area contributed by atoms with Gasteiger partial charge in [-0.15, -0.1) is 0 Å². The van der Waals surface area contributed by atoms with Crippen LogP contribution in [0, 0.1) is 0 Å². The first-order chi connectivity index (χ1) is 10.5. The van der Waals surface area contributed by atoms with Gasteiger partial charge in [-0.1, -0.05) is 6.07 Å². The van der Waals surface area contributed by atoms with E-state index in [1.807, 2.05) is 26.8 Å². The number of hydrogen-bond acceptors (Lipinski definition) is 4. The molecule has 0 fully saturated rings. The van der Waals surface area contributed by atoms with Crippen LogP contribution in [0.3, 0.4) is 0 Å². The number of nitrogens with zero attached hydrogens (tertiary/aromatic N) is 2. The molecule has 1 aromatic rings. The molecule has 0 aliphatic heterocycles. The van der Waals surface area contributed by atoms with Crippen molar-refractivity contribution in [2.24, 2.45) is 0 Å². The Hall–Kier alpha value is -2.24. The molecule has 0 saturated heterocycles. The third-order valence-electron chi connectivity index (χ3n) is 3.13. The monoisotopic (exact) mass is 322 g/mol. The van der Waals surface area contributed by atoms with Crippen LogP contribution in [0.15, 0.2) is 18.2 Å². The maximum atomic E-state index is 12.2. The molecule has 0 saturated carbocycles. The Balaban J connectivity index is 3.07. The summed E-state index contributed by atoms with van der Waals surface area (Å²) in [6.45, 7) is 5.42. The van der Waals surface area contributed by atoms with Crippen molar-refractivity contribution in [3.05, 3.63) is 23.8 Å². The summed E-state index contributed by atoms with van der Waals surface area (Å²) in [4.78, 5) is 27.0. The van der Waals surface area contributed by atoms with Crippen molar-refractivity contribution >= 4 is 17.7 Å². The van der Waals surface area contributed by atoms with E-state index in [9.17, 15) is 9.59 Å². The third kappa shape index (κ3) is 5.47. The van der Waals surface area contributed by atoms with Gasteiger partial charge in [0.25, 0.3) is 0 Å². The second-order valence-electron chi connectivity index (χ2n) is 6.51. The van der Waals surface area contributed by atoms with E-state index in [-0.39, 0.29) is 12.3 Å². The van der Waals surface area contributed by atoms with Gasteiger partial charge in [0.2, 0.25) is 5.91 Å². The van der Waals surface area contributed by atoms with Gasteiger partial charge in [-0.2, -0.15) is 0 Å². The lowest BCUT2D eigenvalue weighted by Crippen LogP contribution is -2.34. The van der Waals surface area contributed by atoms with Crippen LogP contribution in [-0.4, -0.2) is 50.8 Å². The zero-order chi connectivity index (χ0) is 17.8. The van der Waals surface area contributed by atoms with Crippen LogP contribution in [0.5, 0.6) is 5.75 Å². The van der Waals surface area contributed by atoms with Gasteiger partial charge in [0, 0.05) is 21.1 Å². The Labute approximate surface area is 138 Å². The van der Waals surface area contributed by atoms with Gasteiger partial charge in [-0.25, -0.2) is 4.79 Å². The number of ether oxygens (including phenoxy) is 2. The first kappa shape index (κ1) is 18.8. The molecule has 0 aromatic heterocycles. The molecule has 0 spiro atoms. The van der Waals surface area contributed by atoms with E-state index in [1.54, 1.807) is 33.3 Å². The zero-order valence-electron chi connectivity index (χ0n) is 15.0. The van der Waals surface area contributed by atoms with Crippen molar-refractivity contribution in [3.63, 3.8) is 0 Å². The molecule has 6 heteroatoms. The first-order valence-electron chi connectivity index (χ1n) is 7.39. The lowest BCUT2D eigenvalue weighted by Gasteiger charge is -2.26. The molecule has 0 radical (unpaired) electrons. The molecule has 1 aromatic carbocycles. The number of carbonyl (C=O) groups is 2. The third-order valence-corrected chi connectivity index (χ3v) is 3.13. The summed E-state index contributed by atoms with van der Waals surface area (Å²) >= 11 is 0. The van der Waals surface area contributed by atoms with E-state index < -0.39 is 11.7 Å². The zero-order valence-corrected chi connectivity index (χ0v) is 15.0. The van der Waals surface area contributed by atoms with Crippen molar-refractivity contribution < 1.29 is 19.1 Å². The lowest BCUT2D eigenvalue weighted by atomic mass is 10.1. The molecule has 0 aliphatic carbocycles. The van der Waals surface area contributed by atoms with Gasteiger partial charge < -0.3 is 14.4 Å². The summed E-state index contributed by atoms with van der Waals surface area (Å²) in [5.41, 5.74) is 0.776. The number of anilines is 1. The maximum absolute atomic E-state index is 12.2. The summed E-state index contributed by atoms with van der Waals surface area (Å²) in [6.07, 6.45) is -0.224. The highest BCUT2D eigenvalue weighted by Gasteiger charge is 2.23. The van der Waals surface area contributed by atoms with Gasteiger partial charge >= 0.3 is 6.09 Å². The van der Waals surface area contributed by atoms with E-state index >= 15 is 0 Å². The minimum absolute atomic E-state index is 0.0129. The molecule has 0 heterocycles. The van der Waals surface area contributed by atoms with E-state index in [2.05, 4.69) is 0 Å². The van der Waals surface area contributed by atoms with Gasteiger partial charge in [0.1, 0.15) is 11.4 Å². The molecule has 2 amide bonds. The van der Waals surface area contributed by atoms with Crippen LogP contribution in [0.25, 0.3) is 0 Å². The molecule has 0 unspecified atom stereocenters. The number of carbonyl (C=O) groups excluding carboxylic acids is 2. The number of amides is 2. The highest BCUT2D eigenvalue weighted by molar-refractivity contribution is 5.90. The van der Waals surface area contributed by atoms with E-state index in [0.717, 1.165) is 5.56 Å². The van der Waals surface area contributed by atoms with Gasteiger partial charge in [-0.3, -0.25) is 9.69 Å². The fourth-order valence-electron chi connectivity index (χ4n) is 1.87. The fourth-order valence-corrected chi connectivity index (χ4v) is 1.87. The van der Waals surface area contributed by atoms with E-state index in [4.69, 9.17) is 9.47 Å². The standard InChI is InChI=1S/C17H26N2O4/c1-17(2,3)23-16(21)19(6)13-10-12(8-9-14(13)22-7)11-15(20)18(4)5/h8-10H,11H2,1-7H3. The average molecular weight is 322 g/mol. The fraction of sp³-hybridized carbons (Fsp3) is 0.529. The highest BCUT2D eigenvalue weighted by Crippen LogP contribution is 2.30. The van der Waals surface area contributed by atoms with Crippen LogP contribution in [0.2, 0.25) is 0 Å². The van der Waals surface area contributed by atoms with Gasteiger partial charge in [0.05, 0.1) is 19.2 Å². The number of likely N-dealkylation sites (N-methyl/N-ethyl adjacent to an activating group) is 1. The van der Waals surface area contributed by atoms with Crippen molar-refractivity contribution in [2.75, 3.05) is 33.2 Å². The Bertz CT molecular complexity index is 576. The molecule has 0 N–H and O–H groups in total. The number of benzene rings is 1. The Morgan fingerprint density at radius 1 is 1.13 bits per heavy atom. The number of hydrogen-bond donors (Lipinski definition) is 0. The molecule has 1 rings (SSSR count).